The highest BCUT2D eigenvalue weighted by Crippen LogP contribution is 2.13. The molecule has 0 aromatic rings. The van der Waals surface area contributed by atoms with Gasteiger partial charge in [-0.2, -0.15) is 0 Å². The van der Waals surface area contributed by atoms with Crippen LogP contribution in [-0.4, -0.2) is 37.2 Å². The van der Waals surface area contributed by atoms with Gasteiger partial charge in [0, 0.05) is 19.3 Å². The molecular weight excluding hydrogens is 793 g/mol. The topological polar surface area (TPSA) is 78.9 Å². The molecule has 0 aliphatic rings. The van der Waals surface area contributed by atoms with E-state index in [1.165, 1.54) is 83.5 Å². The highest BCUT2D eigenvalue weighted by atomic mass is 16.6. The summed E-state index contributed by atoms with van der Waals surface area (Å²) in [4.78, 5) is 38.0. The van der Waals surface area contributed by atoms with Crippen LogP contribution in [0.4, 0.5) is 0 Å². The summed E-state index contributed by atoms with van der Waals surface area (Å²) >= 11 is 0. The highest BCUT2D eigenvalue weighted by molar-refractivity contribution is 5.71. The molecular formula is C58H96O6. The Labute approximate surface area is 394 Å². The van der Waals surface area contributed by atoms with E-state index in [0.29, 0.717) is 19.3 Å². The van der Waals surface area contributed by atoms with Crippen LogP contribution in [0.5, 0.6) is 0 Å². The Morgan fingerprint density at radius 3 is 1.05 bits per heavy atom. The number of unbranched alkanes of at least 4 members (excludes halogenated alkanes) is 24. The zero-order valence-corrected chi connectivity index (χ0v) is 41.5. The summed E-state index contributed by atoms with van der Waals surface area (Å²) in [6.45, 7) is 6.46. The zero-order chi connectivity index (χ0) is 46.5. The van der Waals surface area contributed by atoms with Gasteiger partial charge in [0.1, 0.15) is 13.2 Å². The van der Waals surface area contributed by atoms with Gasteiger partial charge < -0.3 is 14.2 Å². The molecule has 0 aliphatic heterocycles. The molecule has 64 heavy (non-hydrogen) atoms. The number of esters is 3. The lowest BCUT2D eigenvalue weighted by atomic mass is 10.1. The van der Waals surface area contributed by atoms with Crippen LogP contribution in [0.1, 0.15) is 233 Å². The number of allylic oxidation sites excluding steroid dienone is 16. The van der Waals surface area contributed by atoms with E-state index in [9.17, 15) is 14.4 Å². The minimum absolute atomic E-state index is 0.0998. The fourth-order valence-electron chi connectivity index (χ4n) is 6.93. The first-order valence-electron chi connectivity index (χ1n) is 26.3. The number of rotatable bonds is 46. The average Bonchev–Trinajstić information content (AvgIpc) is 3.29. The third kappa shape index (κ3) is 49.3. The first-order chi connectivity index (χ1) is 31.5. The molecule has 0 aromatic carbocycles. The van der Waals surface area contributed by atoms with Crippen molar-refractivity contribution in [2.75, 3.05) is 13.2 Å². The predicted molar refractivity (Wildman–Crippen MR) is 274 cm³/mol. The third-order valence-corrected chi connectivity index (χ3v) is 10.9. The number of hydrogen-bond acceptors (Lipinski definition) is 6. The average molecular weight is 889 g/mol. The van der Waals surface area contributed by atoms with E-state index in [4.69, 9.17) is 14.2 Å². The van der Waals surface area contributed by atoms with Gasteiger partial charge in [0.25, 0.3) is 0 Å². The summed E-state index contributed by atoms with van der Waals surface area (Å²) in [5, 5.41) is 0. The van der Waals surface area contributed by atoms with Crippen molar-refractivity contribution >= 4 is 17.9 Å². The number of ether oxygens (including phenoxy) is 3. The molecule has 0 aromatic heterocycles. The van der Waals surface area contributed by atoms with Crippen LogP contribution in [0.15, 0.2) is 97.2 Å². The summed E-state index contributed by atoms with van der Waals surface area (Å²) in [6, 6.07) is 0. The van der Waals surface area contributed by atoms with Crippen molar-refractivity contribution in [3.05, 3.63) is 97.2 Å². The maximum absolute atomic E-state index is 12.8. The SMILES string of the molecule is CCC\C=C/C=C\C=C/C=C\C=C/CCCCCCCC(=O)OCC(COC(=O)CCCCC/C=C\CCCCCCCC)OC(=O)CCCCCCCC/C=C\C=C/CCCCC. The predicted octanol–water partition coefficient (Wildman–Crippen LogP) is 17.4. The number of carbonyl (C=O) groups is 3. The van der Waals surface area contributed by atoms with Crippen LogP contribution in [0.3, 0.4) is 0 Å². The van der Waals surface area contributed by atoms with E-state index >= 15 is 0 Å². The lowest BCUT2D eigenvalue weighted by Gasteiger charge is -2.18. The molecule has 0 bridgehead atoms. The molecule has 0 radical (unpaired) electrons. The van der Waals surface area contributed by atoms with Crippen molar-refractivity contribution in [1.29, 1.82) is 0 Å². The Morgan fingerprint density at radius 1 is 0.312 bits per heavy atom. The number of carbonyl (C=O) groups excluding carboxylic acids is 3. The fraction of sp³-hybridized carbons (Fsp3) is 0.672. The van der Waals surface area contributed by atoms with Gasteiger partial charge in [0.2, 0.25) is 0 Å². The smallest absolute Gasteiger partial charge is 0.306 e. The molecule has 0 amide bonds. The molecule has 0 saturated heterocycles. The highest BCUT2D eigenvalue weighted by Gasteiger charge is 2.19. The van der Waals surface area contributed by atoms with Crippen molar-refractivity contribution in [2.45, 2.75) is 239 Å². The van der Waals surface area contributed by atoms with Crippen LogP contribution in [0, 0.1) is 0 Å². The largest absolute Gasteiger partial charge is 0.462 e. The molecule has 0 spiro atoms. The second-order valence-electron chi connectivity index (χ2n) is 17.2. The third-order valence-electron chi connectivity index (χ3n) is 10.9. The van der Waals surface area contributed by atoms with Gasteiger partial charge in [-0.1, -0.05) is 221 Å². The van der Waals surface area contributed by atoms with Crippen molar-refractivity contribution in [1.82, 2.24) is 0 Å². The van der Waals surface area contributed by atoms with Crippen LogP contribution in [0.25, 0.3) is 0 Å². The Morgan fingerprint density at radius 2 is 0.609 bits per heavy atom. The van der Waals surface area contributed by atoms with E-state index < -0.39 is 6.10 Å². The van der Waals surface area contributed by atoms with Crippen molar-refractivity contribution < 1.29 is 28.6 Å². The van der Waals surface area contributed by atoms with Gasteiger partial charge in [0.05, 0.1) is 0 Å². The van der Waals surface area contributed by atoms with Crippen LogP contribution >= 0.6 is 0 Å². The number of hydrogen-bond donors (Lipinski definition) is 0. The Hall–Kier alpha value is -3.67. The molecule has 0 saturated carbocycles. The molecule has 0 fully saturated rings. The normalized spacial score (nSPS) is 12.9. The van der Waals surface area contributed by atoms with Crippen LogP contribution in [-0.2, 0) is 28.6 Å². The van der Waals surface area contributed by atoms with Gasteiger partial charge in [-0.15, -0.1) is 0 Å². The van der Waals surface area contributed by atoms with Crippen molar-refractivity contribution in [3.8, 4) is 0 Å². The quantitative estimate of drug-likeness (QED) is 0.0199. The van der Waals surface area contributed by atoms with Gasteiger partial charge >= 0.3 is 17.9 Å². The van der Waals surface area contributed by atoms with Crippen molar-refractivity contribution in [3.63, 3.8) is 0 Å². The molecule has 1 atom stereocenters. The molecule has 6 nitrogen and oxygen atoms in total. The van der Waals surface area contributed by atoms with E-state index in [2.05, 4.69) is 93.7 Å². The molecule has 6 heteroatoms. The van der Waals surface area contributed by atoms with Gasteiger partial charge in [-0.3, -0.25) is 14.4 Å². The minimum Gasteiger partial charge on any atom is -0.462 e. The Kier molecular flexibility index (Phi) is 49.0. The maximum Gasteiger partial charge on any atom is 0.306 e. The van der Waals surface area contributed by atoms with E-state index in [1.807, 2.05) is 24.3 Å². The summed E-state index contributed by atoms with van der Waals surface area (Å²) in [5.74, 6) is -0.954. The summed E-state index contributed by atoms with van der Waals surface area (Å²) in [6.07, 6.45) is 68.1. The van der Waals surface area contributed by atoms with Gasteiger partial charge in [0.15, 0.2) is 6.10 Å². The molecule has 0 N–H and O–H groups in total. The summed E-state index contributed by atoms with van der Waals surface area (Å²) in [7, 11) is 0. The first kappa shape index (κ1) is 60.3. The van der Waals surface area contributed by atoms with Crippen molar-refractivity contribution in [2.24, 2.45) is 0 Å². The second kappa shape index (κ2) is 52.0. The van der Waals surface area contributed by atoms with E-state index in [0.717, 1.165) is 109 Å². The minimum atomic E-state index is -0.801. The molecule has 1 unspecified atom stereocenters. The molecule has 0 rings (SSSR count). The van der Waals surface area contributed by atoms with Crippen LogP contribution in [0.2, 0.25) is 0 Å². The zero-order valence-electron chi connectivity index (χ0n) is 41.5. The standard InChI is InChI=1S/C58H96O6/c1-4-7-10-13-16-19-22-25-27-28-29-31-33-36-39-42-45-48-51-57(60)63-54-55(53-62-56(59)50-47-44-41-38-35-32-24-21-18-15-12-9-6-3)64-58(61)52-49-46-43-40-37-34-30-26-23-20-17-14-11-8-5-2/h10,13,16-17,19-20,22-23,25-29,31-32,35,55H,4-9,11-12,14-15,18,21,24,30,33-34,36-54H2,1-3H3/b13-10-,19-16-,20-17-,25-22-,26-23-,28-27-,31-29-,35-32-. The lowest BCUT2D eigenvalue weighted by molar-refractivity contribution is -0.167. The van der Waals surface area contributed by atoms with Crippen LogP contribution < -0.4 is 0 Å². The maximum atomic E-state index is 12.8. The fourth-order valence-corrected chi connectivity index (χ4v) is 6.93. The molecule has 0 heterocycles. The molecule has 0 aliphatic carbocycles. The summed E-state index contributed by atoms with van der Waals surface area (Å²) < 4.78 is 16.8. The van der Waals surface area contributed by atoms with E-state index in [-0.39, 0.29) is 31.1 Å². The Balaban J connectivity index is 4.49. The van der Waals surface area contributed by atoms with E-state index in [1.54, 1.807) is 0 Å². The monoisotopic (exact) mass is 889 g/mol. The van der Waals surface area contributed by atoms with Gasteiger partial charge in [-0.25, -0.2) is 0 Å². The first-order valence-corrected chi connectivity index (χ1v) is 26.3. The second-order valence-corrected chi connectivity index (χ2v) is 17.2. The van der Waals surface area contributed by atoms with Gasteiger partial charge in [-0.05, 0) is 89.9 Å². The lowest BCUT2D eigenvalue weighted by Crippen LogP contribution is -2.30. The molecule has 364 valence electrons. The summed E-state index contributed by atoms with van der Waals surface area (Å²) in [5.41, 5.74) is 0. The Bertz CT molecular complexity index is 1300.